The van der Waals surface area contributed by atoms with Crippen LogP contribution in [0.3, 0.4) is 0 Å². The van der Waals surface area contributed by atoms with Crippen molar-refractivity contribution in [2.24, 2.45) is 0 Å². The molecule has 0 bridgehead atoms. The van der Waals surface area contributed by atoms with E-state index in [4.69, 9.17) is 0 Å². The smallest absolute Gasteiger partial charge is 0.285 e. The van der Waals surface area contributed by atoms with Gasteiger partial charge in [0.1, 0.15) is 6.54 Å². The lowest BCUT2D eigenvalue weighted by molar-refractivity contribution is -0.385. The van der Waals surface area contributed by atoms with Crippen molar-refractivity contribution >= 4 is 11.6 Å². The van der Waals surface area contributed by atoms with Crippen LogP contribution in [-0.2, 0) is 11.3 Å². The highest BCUT2D eigenvalue weighted by Crippen LogP contribution is 2.05. The number of pyridine rings is 1. The monoisotopic (exact) mass is 268 g/mol. The maximum absolute atomic E-state index is 11.5. The maximum atomic E-state index is 11.5. The summed E-state index contributed by atoms with van der Waals surface area (Å²) in [6.45, 7) is 1.04. The summed E-state index contributed by atoms with van der Waals surface area (Å²) >= 11 is 0. The number of hydrogen-bond donors (Lipinski definition) is 2. The van der Waals surface area contributed by atoms with E-state index in [1.807, 2.05) is 7.05 Å². The molecule has 0 aromatic carbocycles. The standard InChI is InChI=1S/C11H16N4O4/c1-12-5-2-6-13-10(16)8-14-7-9(15(18)19)3-4-11(14)17/h3-4,7,12H,2,5-6,8H2,1H3,(H,13,16). The van der Waals surface area contributed by atoms with Gasteiger partial charge in [-0.25, -0.2) is 0 Å². The summed E-state index contributed by atoms with van der Waals surface area (Å²) in [5, 5.41) is 16.1. The number of aromatic nitrogens is 1. The molecule has 1 amide bonds. The first-order valence-electron chi connectivity index (χ1n) is 5.81. The highest BCUT2D eigenvalue weighted by molar-refractivity contribution is 5.75. The number of nitro groups is 1. The first-order chi connectivity index (χ1) is 9.04. The van der Waals surface area contributed by atoms with E-state index < -0.39 is 10.5 Å². The first-order valence-corrected chi connectivity index (χ1v) is 5.81. The Kier molecular flexibility index (Phi) is 5.68. The van der Waals surface area contributed by atoms with E-state index >= 15 is 0 Å². The number of carbonyl (C=O) groups excluding carboxylic acids is 1. The minimum atomic E-state index is -0.610. The molecule has 0 radical (unpaired) electrons. The van der Waals surface area contributed by atoms with Gasteiger partial charge in [0, 0.05) is 18.7 Å². The van der Waals surface area contributed by atoms with Gasteiger partial charge in [0.2, 0.25) is 5.91 Å². The molecule has 0 atom stereocenters. The summed E-state index contributed by atoms with van der Waals surface area (Å²) in [7, 11) is 1.81. The van der Waals surface area contributed by atoms with Crippen LogP contribution in [0, 0.1) is 10.1 Å². The SMILES string of the molecule is CNCCCNC(=O)Cn1cc([N+](=O)[O-])ccc1=O. The van der Waals surface area contributed by atoms with E-state index in [1.54, 1.807) is 0 Å². The van der Waals surface area contributed by atoms with Gasteiger partial charge in [0.25, 0.3) is 11.2 Å². The molecule has 1 aromatic rings. The molecule has 1 heterocycles. The molecular formula is C11H16N4O4. The van der Waals surface area contributed by atoms with Gasteiger partial charge in [0.15, 0.2) is 0 Å². The van der Waals surface area contributed by atoms with Crippen LogP contribution in [0.1, 0.15) is 6.42 Å². The predicted octanol–water partition coefficient (Wildman–Crippen LogP) is -0.518. The van der Waals surface area contributed by atoms with E-state index in [0.29, 0.717) is 6.54 Å². The van der Waals surface area contributed by atoms with Crippen LogP contribution in [0.2, 0.25) is 0 Å². The van der Waals surface area contributed by atoms with Crippen molar-refractivity contribution in [2.45, 2.75) is 13.0 Å². The van der Waals surface area contributed by atoms with Crippen molar-refractivity contribution in [1.82, 2.24) is 15.2 Å². The fraction of sp³-hybridized carbons (Fsp3) is 0.455. The van der Waals surface area contributed by atoms with Gasteiger partial charge < -0.3 is 10.6 Å². The quantitative estimate of drug-likeness (QED) is 0.393. The number of carbonyl (C=O) groups is 1. The lowest BCUT2D eigenvalue weighted by Gasteiger charge is -2.06. The molecule has 2 N–H and O–H groups in total. The first kappa shape index (κ1) is 14.8. The molecule has 0 fully saturated rings. The number of hydrogen-bond acceptors (Lipinski definition) is 5. The molecule has 0 aliphatic heterocycles. The number of amides is 1. The topological polar surface area (TPSA) is 106 Å². The largest absolute Gasteiger partial charge is 0.355 e. The summed E-state index contributed by atoms with van der Waals surface area (Å²) in [5.41, 5.74) is -0.668. The lowest BCUT2D eigenvalue weighted by atomic mass is 10.4. The van der Waals surface area contributed by atoms with Crippen LogP contribution in [-0.4, -0.2) is 35.5 Å². The molecule has 0 aliphatic rings. The van der Waals surface area contributed by atoms with Crippen molar-refractivity contribution in [3.63, 3.8) is 0 Å². The third-order valence-electron chi connectivity index (χ3n) is 2.42. The van der Waals surface area contributed by atoms with Crippen molar-refractivity contribution < 1.29 is 9.72 Å². The fourth-order valence-electron chi connectivity index (χ4n) is 1.45. The molecular weight excluding hydrogens is 252 g/mol. The van der Waals surface area contributed by atoms with Crippen LogP contribution < -0.4 is 16.2 Å². The number of nitrogens with zero attached hydrogens (tertiary/aromatic N) is 2. The highest BCUT2D eigenvalue weighted by Gasteiger charge is 2.10. The Labute approximate surface area is 109 Å². The Balaban J connectivity index is 2.61. The minimum absolute atomic E-state index is 0.220. The third kappa shape index (κ3) is 4.88. The van der Waals surface area contributed by atoms with E-state index in [-0.39, 0.29) is 18.1 Å². The highest BCUT2D eigenvalue weighted by atomic mass is 16.6. The van der Waals surface area contributed by atoms with Gasteiger partial charge in [-0.1, -0.05) is 0 Å². The van der Waals surface area contributed by atoms with Crippen LogP contribution in [0.15, 0.2) is 23.1 Å². The summed E-state index contributed by atoms with van der Waals surface area (Å²) in [5.74, 6) is -0.348. The summed E-state index contributed by atoms with van der Waals surface area (Å²) < 4.78 is 1.02. The normalized spacial score (nSPS) is 10.2. The Morgan fingerprint density at radius 3 is 2.79 bits per heavy atom. The molecule has 8 nitrogen and oxygen atoms in total. The predicted molar refractivity (Wildman–Crippen MR) is 68.9 cm³/mol. The second kappa shape index (κ2) is 7.27. The van der Waals surface area contributed by atoms with E-state index in [0.717, 1.165) is 35.9 Å². The van der Waals surface area contributed by atoms with Crippen molar-refractivity contribution in [1.29, 1.82) is 0 Å². The second-order valence-corrected chi connectivity index (χ2v) is 3.92. The lowest BCUT2D eigenvalue weighted by Crippen LogP contribution is -2.33. The zero-order chi connectivity index (χ0) is 14.3. The van der Waals surface area contributed by atoms with Gasteiger partial charge in [0.05, 0.1) is 11.1 Å². The second-order valence-electron chi connectivity index (χ2n) is 3.92. The summed E-state index contributed by atoms with van der Waals surface area (Å²) in [6, 6.07) is 2.19. The average molecular weight is 268 g/mol. The van der Waals surface area contributed by atoms with Crippen molar-refractivity contribution in [3.8, 4) is 0 Å². The Bertz CT molecular complexity index is 512. The minimum Gasteiger partial charge on any atom is -0.355 e. The van der Waals surface area contributed by atoms with Crippen LogP contribution in [0.5, 0.6) is 0 Å². The van der Waals surface area contributed by atoms with E-state index in [1.165, 1.54) is 0 Å². The molecule has 0 saturated heterocycles. The van der Waals surface area contributed by atoms with Gasteiger partial charge in [-0.2, -0.15) is 0 Å². The van der Waals surface area contributed by atoms with E-state index in [9.17, 15) is 19.7 Å². The summed E-state index contributed by atoms with van der Waals surface area (Å²) in [4.78, 5) is 33.0. The molecule has 0 spiro atoms. The van der Waals surface area contributed by atoms with Crippen LogP contribution in [0.4, 0.5) is 5.69 Å². The fourth-order valence-corrected chi connectivity index (χ4v) is 1.45. The van der Waals surface area contributed by atoms with Gasteiger partial charge in [-0.3, -0.25) is 24.3 Å². The van der Waals surface area contributed by atoms with Gasteiger partial charge >= 0.3 is 0 Å². The average Bonchev–Trinajstić information content (AvgIpc) is 2.37. The number of rotatable bonds is 7. The Morgan fingerprint density at radius 2 is 2.16 bits per heavy atom. The van der Waals surface area contributed by atoms with Crippen molar-refractivity contribution in [2.75, 3.05) is 20.1 Å². The number of nitrogens with one attached hydrogen (secondary N) is 2. The van der Waals surface area contributed by atoms with Crippen LogP contribution >= 0.6 is 0 Å². The molecule has 1 rings (SSSR count). The van der Waals surface area contributed by atoms with Crippen molar-refractivity contribution in [3.05, 3.63) is 38.8 Å². The zero-order valence-electron chi connectivity index (χ0n) is 10.6. The molecule has 0 aliphatic carbocycles. The van der Waals surface area contributed by atoms with Crippen LogP contribution in [0.25, 0.3) is 0 Å². The van der Waals surface area contributed by atoms with E-state index in [2.05, 4.69) is 10.6 Å². The van der Waals surface area contributed by atoms with Gasteiger partial charge in [-0.15, -0.1) is 0 Å². The molecule has 1 aromatic heterocycles. The molecule has 8 heteroatoms. The molecule has 19 heavy (non-hydrogen) atoms. The summed E-state index contributed by atoms with van der Waals surface area (Å²) in [6.07, 6.45) is 1.83. The zero-order valence-corrected chi connectivity index (χ0v) is 10.6. The Morgan fingerprint density at radius 1 is 1.42 bits per heavy atom. The maximum Gasteiger partial charge on any atom is 0.285 e. The molecule has 0 unspecified atom stereocenters. The molecule has 0 saturated carbocycles. The molecule has 104 valence electrons. The Hall–Kier alpha value is -2.22. The van der Waals surface area contributed by atoms with Gasteiger partial charge in [-0.05, 0) is 20.0 Å². The third-order valence-corrected chi connectivity index (χ3v) is 2.42.